The highest BCUT2D eigenvalue weighted by Gasteiger charge is 2.29. The van der Waals surface area contributed by atoms with Gasteiger partial charge in [-0.15, -0.1) is 0 Å². The lowest BCUT2D eigenvalue weighted by molar-refractivity contribution is -0.127. The molecular weight excluding hydrogens is 514 g/mol. The Morgan fingerprint density at radius 1 is 1.21 bits per heavy atom. The Kier molecular flexibility index (Phi) is 6.48. The van der Waals surface area contributed by atoms with Gasteiger partial charge in [0.05, 0.1) is 47.6 Å². The molecule has 200 valence electrons. The second kappa shape index (κ2) is 9.98. The molecule has 5 aromatic rings. The first-order valence-corrected chi connectivity index (χ1v) is 13.5. The number of rotatable bonds is 6. The van der Waals surface area contributed by atoms with Gasteiger partial charge in [-0.3, -0.25) is 19.3 Å². The van der Waals surface area contributed by atoms with Crippen LogP contribution in [0.2, 0.25) is 5.02 Å². The normalized spacial score (nSPS) is 14.5. The molecule has 2 N–H and O–H groups in total. The Hall–Kier alpha value is -3.95. The molecule has 1 aliphatic heterocycles. The van der Waals surface area contributed by atoms with E-state index in [4.69, 9.17) is 16.7 Å². The largest absolute Gasteiger partial charge is 0.394 e. The number of carbonyl (C=O) groups excluding carboxylic acids is 1. The summed E-state index contributed by atoms with van der Waals surface area (Å²) < 4.78 is 3.92. The van der Waals surface area contributed by atoms with Crippen LogP contribution in [0.4, 0.5) is 0 Å². The molecule has 39 heavy (non-hydrogen) atoms. The van der Waals surface area contributed by atoms with Crippen LogP contribution in [-0.4, -0.2) is 65.4 Å². The lowest BCUT2D eigenvalue weighted by Gasteiger charge is -2.32. The Balaban J connectivity index is 1.53. The number of benzene rings is 2. The van der Waals surface area contributed by atoms with Crippen molar-refractivity contribution >= 4 is 39.3 Å². The maximum absolute atomic E-state index is 12.2. The number of likely N-dealkylation sites (tertiary alicyclic amines) is 1. The van der Waals surface area contributed by atoms with Gasteiger partial charge >= 0.3 is 0 Å². The molecule has 9 nitrogen and oxygen atoms in total. The molecule has 0 aliphatic carbocycles. The van der Waals surface area contributed by atoms with Crippen molar-refractivity contribution in [3.63, 3.8) is 0 Å². The number of hydrogen-bond acceptors (Lipinski definition) is 5. The van der Waals surface area contributed by atoms with E-state index in [1.165, 1.54) is 6.08 Å². The van der Waals surface area contributed by atoms with E-state index in [9.17, 15) is 9.90 Å². The predicted octanol–water partition coefficient (Wildman–Crippen LogP) is 5.06. The van der Waals surface area contributed by atoms with Gasteiger partial charge in [0.2, 0.25) is 5.91 Å². The van der Waals surface area contributed by atoms with E-state index >= 15 is 0 Å². The number of aryl methyl sites for hydroxylation is 1. The van der Waals surface area contributed by atoms with Crippen LogP contribution >= 0.6 is 11.6 Å². The molecule has 1 amide bonds. The van der Waals surface area contributed by atoms with Crippen molar-refractivity contribution in [1.29, 1.82) is 0 Å². The summed E-state index contributed by atoms with van der Waals surface area (Å²) in [7, 11) is 0. The fourth-order valence-electron chi connectivity index (χ4n) is 5.79. The van der Waals surface area contributed by atoms with Crippen LogP contribution in [0, 0.1) is 13.8 Å². The van der Waals surface area contributed by atoms with Crippen LogP contribution in [0.15, 0.2) is 49.3 Å². The summed E-state index contributed by atoms with van der Waals surface area (Å²) in [4.78, 5) is 14.0. The van der Waals surface area contributed by atoms with Gasteiger partial charge in [0.1, 0.15) is 5.69 Å². The Bertz CT molecular complexity index is 1720. The number of nitrogens with one attached hydrogen (secondary N) is 1. The van der Waals surface area contributed by atoms with E-state index in [1.807, 2.05) is 36.4 Å². The number of hydrogen-bond donors (Lipinski definition) is 2. The molecule has 0 bridgehead atoms. The van der Waals surface area contributed by atoms with Crippen molar-refractivity contribution in [1.82, 2.24) is 34.7 Å². The fraction of sp³-hybridized carbons (Fsp3) is 0.310. The minimum Gasteiger partial charge on any atom is -0.394 e. The van der Waals surface area contributed by atoms with Crippen LogP contribution in [0.1, 0.15) is 30.1 Å². The lowest BCUT2D eigenvalue weighted by Crippen LogP contribution is -2.38. The number of carbonyl (C=O) groups is 1. The van der Waals surface area contributed by atoms with Gasteiger partial charge in [-0.25, -0.2) is 0 Å². The molecule has 0 spiro atoms. The van der Waals surface area contributed by atoms with Gasteiger partial charge in [-0.1, -0.05) is 24.2 Å². The number of amides is 1. The highest BCUT2D eigenvalue weighted by Crippen LogP contribution is 2.44. The van der Waals surface area contributed by atoms with Gasteiger partial charge in [0.15, 0.2) is 0 Å². The third-order valence-corrected chi connectivity index (χ3v) is 8.28. The summed E-state index contributed by atoms with van der Waals surface area (Å²) in [5.41, 5.74) is 7.53. The van der Waals surface area contributed by atoms with Gasteiger partial charge in [0, 0.05) is 46.2 Å². The molecule has 1 aliphatic rings. The van der Waals surface area contributed by atoms with Crippen molar-refractivity contribution in [3.05, 3.63) is 65.6 Å². The molecule has 0 atom stereocenters. The lowest BCUT2D eigenvalue weighted by atomic mass is 9.94. The molecule has 10 heteroatoms. The van der Waals surface area contributed by atoms with Crippen molar-refractivity contribution in [2.45, 2.75) is 39.3 Å². The van der Waals surface area contributed by atoms with E-state index in [1.54, 1.807) is 4.68 Å². The summed E-state index contributed by atoms with van der Waals surface area (Å²) in [6.07, 6.45) is 6.62. The monoisotopic (exact) mass is 543 g/mol. The second-order valence-electron chi connectivity index (χ2n) is 10.1. The molecule has 0 unspecified atom stereocenters. The topological polar surface area (TPSA) is 105 Å². The zero-order valence-corrected chi connectivity index (χ0v) is 22.7. The molecule has 2 aromatic carbocycles. The molecule has 4 heterocycles. The minimum absolute atomic E-state index is 0.0239. The first-order chi connectivity index (χ1) is 18.9. The van der Waals surface area contributed by atoms with E-state index in [-0.39, 0.29) is 18.6 Å². The van der Waals surface area contributed by atoms with E-state index in [0.717, 1.165) is 68.3 Å². The number of piperidine rings is 1. The number of aromatic amines is 1. The summed E-state index contributed by atoms with van der Waals surface area (Å²) in [5.74, 6) is -0.0315. The van der Waals surface area contributed by atoms with Gasteiger partial charge in [0.25, 0.3) is 0 Å². The number of nitrogens with zero attached hydrogens (tertiary/aromatic N) is 6. The van der Waals surface area contributed by atoms with Crippen molar-refractivity contribution < 1.29 is 9.90 Å². The number of H-pyrrole nitrogens is 1. The number of fused-ring (bicyclic) bond motifs is 2. The predicted molar refractivity (Wildman–Crippen MR) is 153 cm³/mol. The quantitative estimate of drug-likeness (QED) is 0.291. The van der Waals surface area contributed by atoms with Crippen LogP contribution < -0.4 is 0 Å². The van der Waals surface area contributed by atoms with Crippen molar-refractivity contribution in [2.75, 3.05) is 19.7 Å². The Morgan fingerprint density at radius 2 is 2.00 bits per heavy atom. The minimum atomic E-state index is -0.0315. The van der Waals surface area contributed by atoms with Crippen LogP contribution in [0.5, 0.6) is 0 Å². The number of aliphatic hydroxyl groups excluding tert-OH is 1. The summed E-state index contributed by atoms with van der Waals surface area (Å²) in [6, 6.07) is 8.33. The zero-order chi connectivity index (χ0) is 27.3. The number of aliphatic hydroxyl groups is 1. The van der Waals surface area contributed by atoms with Crippen molar-refractivity contribution in [3.8, 4) is 22.4 Å². The first-order valence-electron chi connectivity index (χ1n) is 13.1. The first kappa shape index (κ1) is 25.3. The van der Waals surface area contributed by atoms with Crippen molar-refractivity contribution in [2.24, 2.45) is 0 Å². The molecule has 0 radical (unpaired) electrons. The highest BCUT2D eigenvalue weighted by molar-refractivity contribution is 6.36. The van der Waals surface area contributed by atoms with E-state index < -0.39 is 0 Å². The molecule has 1 fully saturated rings. The third kappa shape index (κ3) is 4.22. The highest BCUT2D eigenvalue weighted by atomic mass is 35.5. The average Bonchev–Trinajstić information content (AvgIpc) is 3.67. The Labute approximate surface area is 230 Å². The van der Waals surface area contributed by atoms with Gasteiger partial charge in [-0.05, 0) is 56.5 Å². The summed E-state index contributed by atoms with van der Waals surface area (Å²) >= 11 is 7.02. The summed E-state index contributed by atoms with van der Waals surface area (Å²) in [6.45, 7) is 9.50. The Morgan fingerprint density at radius 3 is 2.74 bits per heavy atom. The number of halogens is 1. The number of aromatic nitrogens is 6. The third-order valence-electron chi connectivity index (χ3n) is 7.79. The van der Waals surface area contributed by atoms with Gasteiger partial charge in [-0.2, -0.15) is 15.3 Å². The van der Waals surface area contributed by atoms with E-state index in [0.29, 0.717) is 24.7 Å². The maximum atomic E-state index is 12.2. The molecule has 0 saturated carbocycles. The van der Waals surface area contributed by atoms with E-state index in [2.05, 4.69) is 45.6 Å². The average molecular weight is 544 g/mol. The molecular formula is C29H30ClN7O2. The second-order valence-corrected chi connectivity index (χ2v) is 10.5. The smallest absolute Gasteiger partial charge is 0.245 e. The zero-order valence-electron chi connectivity index (χ0n) is 22.0. The van der Waals surface area contributed by atoms with Crippen LogP contribution in [0.25, 0.3) is 44.2 Å². The molecule has 6 rings (SSSR count). The fourth-order valence-corrected chi connectivity index (χ4v) is 6.04. The summed E-state index contributed by atoms with van der Waals surface area (Å²) in [5, 5.41) is 29.1. The SMILES string of the molecule is C=CC(=O)N1CCC(n2nc(-c3ccc4c(cnn4CCO)c3)c(-c3c(Cl)c(C)cc4[nH]ncc34)c2C)CC1. The van der Waals surface area contributed by atoms with Crippen LogP contribution in [0.3, 0.4) is 0 Å². The van der Waals surface area contributed by atoms with Gasteiger partial charge < -0.3 is 10.0 Å². The standard InChI is InChI=1S/C29H30ClN7O2/c1-4-25(39)35-9-7-21(8-10-35)37-18(3)26(27-22-16-31-33-23(22)13-17(2)28(27)30)29(34-37)19-5-6-24-20(14-19)15-32-36(24)11-12-38/h4-6,13-16,21,38H,1,7-12H2,2-3H3,(H,31,33). The van der Waals surface area contributed by atoms with Crippen LogP contribution in [-0.2, 0) is 11.3 Å². The molecule has 1 saturated heterocycles. The molecule has 3 aromatic heterocycles. The maximum Gasteiger partial charge on any atom is 0.245 e.